The first-order valence-electron chi connectivity index (χ1n) is 11.1. The highest BCUT2D eigenvalue weighted by Crippen LogP contribution is 2.33. The molecule has 0 aliphatic carbocycles. The zero-order valence-corrected chi connectivity index (χ0v) is 19.5. The van der Waals surface area contributed by atoms with Crippen molar-refractivity contribution in [2.24, 2.45) is 11.8 Å². The molecule has 32 heavy (non-hydrogen) atoms. The molecule has 0 bridgehead atoms. The summed E-state index contributed by atoms with van der Waals surface area (Å²) in [5, 5.41) is 0.906. The minimum Gasteiger partial charge on any atom is -0.493 e. The van der Waals surface area contributed by atoms with Crippen molar-refractivity contribution in [3.05, 3.63) is 34.2 Å². The normalized spacial score (nSPS) is 16.3. The lowest BCUT2D eigenvalue weighted by atomic mass is 9.97. The van der Waals surface area contributed by atoms with Crippen molar-refractivity contribution in [1.82, 2.24) is 9.47 Å². The van der Waals surface area contributed by atoms with Crippen molar-refractivity contribution in [3.8, 4) is 11.5 Å². The van der Waals surface area contributed by atoms with Crippen LogP contribution in [0.1, 0.15) is 44.0 Å². The van der Waals surface area contributed by atoms with Gasteiger partial charge in [-0.1, -0.05) is 13.8 Å². The molecule has 2 heterocycles. The number of benzene rings is 1. The summed E-state index contributed by atoms with van der Waals surface area (Å²) in [5.74, 6) is 0.266. The van der Waals surface area contributed by atoms with E-state index in [0.29, 0.717) is 60.5 Å². The second-order valence-corrected chi connectivity index (χ2v) is 8.49. The summed E-state index contributed by atoms with van der Waals surface area (Å²) in [4.78, 5) is 40.7. The number of aromatic nitrogens is 1. The molecule has 1 aromatic carbocycles. The van der Waals surface area contributed by atoms with E-state index in [0.717, 1.165) is 6.42 Å². The standard InChI is InChI=1S/C24H32N2O6/c1-6-32-24(29)16-8-7-9-25(13-16)23(28)19-14-26(12-15(2)3)22(27)18-11-21(31-5)20(30-4)10-17(18)19/h10-11,14-16H,6-9,12-13H2,1-5H3/t16-/m0/s1. The largest absolute Gasteiger partial charge is 0.493 e. The van der Waals surface area contributed by atoms with Crippen LogP contribution in [0.3, 0.4) is 0 Å². The van der Waals surface area contributed by atoms with Crippen molar-refractivity contribution in [3.63, 3.8) is 0 Å². The lowest BCUT2D eigenvalue weighted by molar-refractivity contribution is -0.149. The molecule has 2 aromatic rings. The molecule has 0 spiro atoms. The first kappa shape index (κ1) is 23.6. The number of carbonyl (C=O) groups excluding carboxylic acids is 2. The van der Waals surface area contributed by atoms with Gasteiger partial charge in [-0.05, 0) is 37.8 Å². The molecule has 0 radical (unpaired) electrons. The molecule has 1 aromatic heterocycles. The van der Waals surface area contributed by atoms with E-state index in [1.54, 1.807) is 34.7 Å². The van der Waals surface area contributed by atoms with E-state index in [-0.39, 0.29) is 29.3 Å². The predicted octanol–water partition coefficient (Wildman–Crippen LogP) is 3.09. The minimum absolute atomic E-state index is 0.186. The predicted molar refractivity (Wildman–Crippen MR) is 121 cm³/mol. The number of rotatable bonds is 7. The van der Waals surface area contributed by atoms with Gasteiger partial charge in [0, 0.05) is 31.2 Å². The number of pyridine rings is 1. The summed E-state index contributed by atoms with van der Waals surface area (Å²) in [7, 11) is 3.02. The summed E-state index contributed by atoms with van der Waals surface area (Å²) < 4.78 is 17.5. The van der Waals surface area contributed by atoms with E-state index >= 15 is 0 Å². The van der Waals surface area contributed by atoms with Gasteiger partial charge in [-0.25, -0.2) is 0 Å². The number of hydrogen-bond acceptors (Lipinski definition) is 6. The van der Waals surface area contributed by atoms with Gasteiger partial charge in [0.1, 0.15) is 0 Å². The lowest BCUT2D eigenvalue weighted by Crippen LogP contribution is -2.43. The average molecular weight is 445 g/mol. The van der Waals surface area contributed by atoms with Crippen LogP contribution in [0, 0.1) is 11.8 Å². The molecule has 0 unspecified atom stereocenters. The van der Waals surface area contributed by atoms with Crippen LogP contribution in [0.25, 0.3) is 10.8 Å². The summed E-state index contributed by atoms with van der Waals surface area (Å²) in [6.45, 7) is 7.45. The van der Waals surface area contributed by atoms with E-state index in [4.69, 9.17) is 14.2 Å². The lowest BCUT2D eigenvalue weighted by Gasteiger charge is -2.32. The maximum Gasteiger partial charge on any atom is 0.310 e. The van der Waals surface area contributed by atoms with Crippen molar-refractivity contribution in [2.75, 3.05) is 33.9 Å². The Kier molecular flexibility index (Phi) is 7.43. The first-order valence-corrected chi connectivity index (χ1v) is 11.1. The minimum atomic E-state index is -0.338. The van der Waals surface area contributed by atoms with Gasteiger partial charge in [-0.3, -0.25) is 14.4 Å². The summed E-state index contributed by atoms with van der Waals surface area (Å²) in [6.07, 6.45) is 3.05. The highest BCUT2D eigenvalue weighted by molar-refractivity contribution is 6.07. The second kappa shape index (κ2) is 10.1. The number of piperidine rings is 1. The van der Waals surface area contributed by atoms with Gasteiger partial charge < -0.3 is 23.7 Å². The van der Waals surface area contributed by atoms with E-state index in [1.165, 1.54) is 14.2 Å². The Labute approximate surface area is 188 Å². The maximum absolute atomic E-state index is 13.6. The zero-order chi connectivity index (χ0) is 23.4. The highest BCUT2D eigenvalue weighted by Gasteiger charge is 2.31. The number of amides is 1. The van der Waals surface area contributed by atoms with Crippen molar-refractivity contribution < 1.29 is 23.8 Å². The van der Waals surface area contributed by atoms with E-state index in [2.05, 4.69) is 0 Å². The van der Waals surface area contributed by atoms with Crippen LogP contribution in [0.15, 0.2) is 23.1 Å². The van der Waals surface area contributed by atoms with Gasteiger partial charge in [-0.2, -0.15) is 0 Å². The molecular formula is C24H32N2O6. The zero-order valence-electron chi connectivity index (χ0n) is 19.5. The van der Waals surface area contributed by atoms with Crippen LogP contribution in [0.2, 0.25) is 0 Å². The van der Waals surface area contributed by atoms with Crippen LogP contribution in [-0.4, -0.2) is 55.3 Å². The molecule has 1 fully saturated rings. The quantitative estimate of drug-likeness (QED) is 0.610. The highest BCUT2D eigenvalue weighted by atomic mass is 16.5. The Bertz CT molecular complexity index is 1060. The van der Waals surface area contributed by atoms with Gasteiger partial charge in [0.25, 0.3) is 11.5 Å². The van der Waals surface area contributed by atoms with Gasteiger partial charge in [-0.15, -0.1) is 0 Å². The molecule has 1 aliphatic rings. The number of likely N-dealkylation sites (tertiary alicyclic amines) is 1. The van der Waals surface area contributed by atoms with Crippen molar-refractivity contribution in [1.29, 1.82) is 0 Å². The molecule has 1 aliphatic heterocycles. The number of hydrogen-bond donors (Lipinski definition) is 0. The molecule has 1 saturated heterocycles. The number of methoxy groups -OCH3 is 2. The van der Waals surface area contributed by atoms with Crippen LogP contribution in [0.4, 0.5) is 0 Å². The number of nitrogens with zero attached hydrogens (tertiary/aromatic N) is 2. The number of carbonyl (C=O) groups is 2. The van der Waals surface area contributed by atoms with Crippen molar-refractivity contribution in [2.45, 2.75) is 40.2 Å². The second-order valence-electron chi connectivity index (χ2n) is 8.49. The number of fused-ring (bicyclic) bond motifs is 1. The van der Waals surface area contributed by atoms with Crippen LogP contribution < -0.4 is 15.0 Å². The molecule has 8 heteroatoms. The monoisotopic (exact) mass is 444 g/mol. The molecule has 174 valence electrons. The SMILES string of the molecule is CCOC(=O)[C@H]1CCCN(C(=O)c2cn(CC(C)C)c(=O)c3cc(OC)c(OC)cc23)C1. The average Bonchev–Trinajstić information content (AvgIpc) is 2.79. The molecule has 1 atom stereocenters. The van der Waals surface area contributed by atoms with Crippen LogP contribution >= 0.6 is 0 Å². The fraction of sp³-hybridized carbons (Fsp3) is 0.542. The third-order valence-electron chi connectivity index (χ3n) is 5.71. The summed E-state index contributed by atoms with van der Waals surface area (Å²) in [5.41, 5.74) is 0.222. The summed E-state index contributed by atoms with van der Waals surface area (Å²) >= 11 is 0. The summed E-state index contributed by atoms with van der Waals surface area (Å²) in [6, 6.07) is 3.30. The van der Waals surface area contributed by atoms with Gasteiger partial charge in [0.05, 0.1) is 37.7 Å². The molecule has 3 rings (SSSR count). The third kappa shape index (κ3) is 4.74. The molecular weight excluding hydrogens is 412 g/mol. The van der Waals surface area contributed by atoms with Crippen LogP contribution in [0.5, 0.6) is 11.5 Å². The van der Waals surface area contributed by atoms with E-state index in [9.17, 15) is 14.4 Å². The van der Waals surface area contributed by atoms with Gasteiger partial charge >= 0.3 is 5.97 Å². The van der Waals surface area contributed by atoms with Gasteiger partial charge in [0.15, 0.2) is 11.5 Å². The molecule has 1 amide bonds. The maximum atomic E-state index is 13.6. The Balaban J connectivity index is 2.11. The topological polar surface area (TPSA) is 87.1 Å². The smallest absolute Gasteiger partial charge is 0.310 e. The Morgan fingerprint density at radius 1 is 1.12 bits per heavy atom. The Hall–Kier alpha value is -3.03. The first-order chi connectivity index (χ1) is 15.3. The molecule has 8 nitrogen and oxygen atoms in total. The molecule has 0 N–H and O–H groups in total. The Morgan fingerprint density at radius 2 is 1.78 bits per heavy atom. The fourth-order valence-corrected chi connectivity index (χ4v) is 4.20. The third-order valence-corrected chi connectivity index (χ3v) is 5.71. The van der Waals surface area contributed by atoms with E-state index < -0.39 is 0 Å². The van der Waals surface area contributed by atoms with E-state index in [1.807, 2.05) is 13.8 Å². The van der Waals surface area contributed by atoms with Crippen LogP contribution in [-0.2, 0) is 16.1 Å². The number of ether oxygens (including phenoxy) is 3. The number of esters is 1. The van der Waals surface area contributed by atoms with Gasteiger partial charge in [0.2, 0.25) is 0 Å². The van der Waals surface area contributed by atoms with Crippen molar-refractivity contribution >= 4 is 22.6 Å². The fourth-order valence-electron chi connectivity index (χ4n) is 4.20. The molecule has 0 saturated carbocycles. The Morgan fingerprint density at radius 3 is 2.38 bits per heavy atom.